The predicted octanol–water partition coefficient (Wildman–Crippen LogP) is 2.64. The lowest BCUT2D eigenvalue weighted by Gasteiger charge is -2.17. The molecule has 1 aromatic carbocycles. The molecule has 0 aliphatic carbocycles. The van der Waals surface area contributed by atoms with Crippen molar-refractivity contribution in [3.05, 3.63) is 70.4 Å². The van der Waals surface area contributed by atoms with Crippen molar-refractivity contribution in [1.82, 2.24) is 14.7 Å². The first-order valence-electron chi connectivity index (χ1n) is 9.17. The molecule has 1 fully saturated rings. The highest BCUT2D eigenvalue weighted by Gasteiger charge is 2.30. The van der Waals surface area contributed by atoms with Gasteiger partial charge in [-0.05, 0) is 13.0 Å². The summed E-state index contributed by atoms with van der Waals surface area (Å²) in [5.41, 5.74) is 1.84. The van der Waals surface area contributed by atoms with E-state index in [2.05, 4.69) is 5.10 Å². The zero-order chi connectivity index (χ0) is 19.7. The van der Waals surface area contributed by atoms with Gasteiger partial charge >= 0.3 is 5.63 Å². The summed E-state index contributed by atoms with van der Waals surface area (Å²) < 4.78 is 12.4. The van der Waals surface area contributed by atoms with Crippen LogP contribution in [-0.4, -0.2) is 39.8 Å². The van der Waals surface area contributed by atoms with Crippen LogP contribution in [0.4, 0.5) is 0 Å². The minimum atomic E-state index is -0.441. The van der Waals surface area contributed by atoms with Crippen LogP contribution in [0.15, 0.2) is 57.7 Å². The minimum Gasteiger partial charge on any atom is -0.488 e. The molecule has 0 N–H and O–H groups in total. The van der Waals surface area contributed by atoms with Gasteiger partial charge in [-0.25, -0.2) is 4.79 Å². The molecule has 1 amide bonds. The van der Waals surface area contributed by atoms with E-state index in [-0.39, 0.29) is 12.0 Å². The molecule has 1 saturated heterocycles. The second-order valence-electron chi connectivity index (χ2n) is 6.91. The first-order valence-corrected chi connectivity index (χ1v) is 9.17. The highest BCUT2D eigenvalue weighted by molar-refractivity contribution is 5.94. The Labute approximate surface area is 162 Å². The third-order valence-corrected chi connectivity index (χ3v) is 4.77. The smallest absolute Gasteiger partial charge is 0.339 e. The molecule has 1 aliphatic rings. The van der Waals surface area contributed by atoms with Crippen LogP contribution in [0.5, 0.6) is 5.75 Å². The average molecular weight is 379 g/mol. The van der Waals surface area contributed by atoms with E-state index < -0.39 is 5.63 Å². The first kappa shape index (κ1) is 18.0. The van der Waals surface area contributed by atoms with E-state index in [0.717, 1.165) is 11.3 Å². The van der Waals surface area contributed by atoms with Gasteiger partial charge in [0.1, 0.15) is 23.3 Å². The number of nitrogens with zero attached hydrogens (tertiary/aromatic N) is 3. The molecular formula is C21H21N3O4. The van der Waals surface area contributed by atoms with E-state index in [9.17, 15) is 9.59 Å². The van der Waals surface area contributed by atoms with Gasteiger partial charge in [0, 0.05) is 31.6 Å². The van der Waals surface area contributed by atoms with Gasteiger partial charge < -0.3 is 14.1 Å². The van der Waals surface area contributed by atoms with Crippen molar-refractivity contribution >= 4 is 5.91 Å². The van der Waals surface area contributed by atoms with Gasteiger partial charge in [-0.2, -0.15) is 5.10 Å². The Bertz CT molecular complexity index is 1060. The number of benzene rings is 1. The monoisotopic (exact) mass is 379 g/mol. The Balaban J connectivity index is 1.46. The van der Waals surface area contributed by atoms with Crippen LogP contribution in [0, 0.1) is 6.92 Å². The van der Waals surface area contributed by atoms with Crippen molar-refractivity contribution in [1.29, 1.82) is 0 Å². The SMILES string of the molecule is Cc1cc(O[C@@H]2CCN(C(=O)c3cc(-c4ccccc4)nn3C)C2)cc(=O)o1. The first-order chi connectivity index (χ1) is 13.5. The van der Waals surface area contributed by atoms with Crippen molar-refractivity contribution in [3.8, 4) is 17.0 Å². The average Bonchev–Trinajstić information content (AvgIpc) is 3.28. The van der Waals surface area contributed by atoms with Crippen molar-refractivity contribution in [3.63, 3.8) is 0 Å². The fourth-order valence-corrected chi connectivity index (χ4v) is 3.42. The van der Waals surface area contributed by atoms with Crippen LogP contribution >= 0.6 is 0 Å². The van der Waals surface area contributed by atoms with Crippen molar-refractivity contribution < 1.29 is 13.9 Å². The van der Waals surface area contributed by atoms with Gasteiger partial charge in [0.15, 0.2) is 0 Å². The Morgan fingerprint density at radius 3 is 2.75 bits per heavy atom. The lowest BCUT2D eigenvalue weighted by Crippen LogP contribution is -2.32. The summed E-state index contributed by atoms with van der Waals surface area (Å²) >= 11 is 0. The third kappa shape index (κ3) is 3.69. The number of carbonyl (C=O) groups excluding carboxylic acids is 1. The summed E-state index contributed by atoms with van der Waals surface area (Å²) in [6.07, 6.45) is 0.543. The molecule has 4 rings (SSSR count). The number of ether oxygens (including phenoxy) is 1. The lowest BCUT2D eigenvalue weighted by atomic mass is 10.1. The topological polar surface area (TPSA) is 77.6 Å². The summed E-state index contributed by atoms with van der Waals surface area (Å²) in [6.45, 7) is 2.76. The number of rotatable bonds is 4. The van der Waals surface area contributed by atoms with Crippen LogP contribution in [0.1, 0.15) is 22.7 Å². The van der Waals surface area contributed by atoms with E-state index in [1.807, 2.05) is 36.4 Å². The Hall–Kier alpha value is -3.35. The molecule has 144 valence electrons. The molecule has 1 aliphatic heterocycles. The molecule has 2 aromatic heterocycles. The summed E-state index contributed by atoms with van der Waals surface area (Å²) in [7, 11) is 1.77. The molecule has 0 bridgehead atoms. The standard InChI is InChI=1S/C21H21N3O4/c1-14-10-17(11-20(25)27-14)28-16-8-9-24(13-16)21(26)19-12-18(22-23(19)2)15-6-4-3-5-7-15/h3-7,10-12,16H,8-9,13H2,1-2H3/t16-/m1/s1. The van der Waals surface area contributed by atoms with E-state index in [0.29, 0.717) is 36.7 Å². The highest BCUT2D eigenvalue weighted by Crippen LogP contribution is 2.22. The number of likely N-dealkylation sites (tertiary alicyclic amines) is 1. The summed E-state index contributed by atoms with van der Waals surface area (Å²) in [6, 6.07) is 14.6. The molecule has 7 nitrogen and oxygen atoms in total. The number of hydrogen-bond acceptors (Lipinski definition) is 5. The van der Waals surface area contributed by atoms with Gasteiger partial charge in [0.05, 0.1) is 18.3 Å². The van der Waals surface area contributed by atoms with E-state index in [1.165, 1.54) is 6.07 Å². The van der Waals surface area contributed by atoms with Gasteiger partial charge in [-0.3, -0.25) is 9.48 Å². The zero-order valence-corrected chi connectivity index (χ0v) is 15.8. The van der Waals surface area contributed by atoms with Crippen molar-refractivity contribution in [2.75, 3.05) is 13.1 Å². The van der Waals surface area contributed by atoms with Crippen LogP contribution in [0.3, 0.4) is 0 Å². The Kier molecular flexibility index (Phi) is 4.73. The second kappa shape index (κ2) is 7.34. The van der Waals surface area contributed by atoms with E-state index in [4.69, 9.17) is 9.15 Å². The second-order valence-corrected chi connectivity index (χ2v) is 6.91. The Morgan fingerprint density at radius 1 is 1.21 bits per heavy atom. The van der Waals surface area contributed by atoms with Crippen molar-refractivity contribution in [2.45, 2.75) is 19.4 Å². The maximum Gasteiger partial charge on any atom is 0.339 e. The minimum absolute atomic E-state index is 0.0768. The maximum absolute atomic E-state index is 13.0. The van der Waals surface area contributed by atoms with Crippen LogP contribution in [-0.2, 0) is 7.05 Å². The fourth-order valence-electron chi connectivity index (χ4n) is 3.42. The number of aryl methyl sites for hydroxylation is 2. The van der Waals surface area contributed by atoms with Gasteiger partial charge in [-0.15, -0.1) is 0 Å². The quantitative estimate of drug-likeness (QED) is 0.696. The maximum atomic E-state index is 13.0. The van der Waals surface area contributed by atoms with E-state index in [1.54, 1.807) is 29.6 Å². The fraction of sp³-hybridized carbons (Fsp3) is 0.286. The molecule has 7 heteroatoms. The molecular weight excluding hydrogens is 358 g/mol. The lowest BCUT2D eigenvalue weighted by molar-refractivity contribution is 0.0761. The van der Waals surface area contributed by atoms with Crippen LogP contribution < -0.4 is 10.4 Å². The number of amides is 1. The van der Waals surface area contributed by atoms with Gasteiger partial charge in [0.25, 0.3) is 5.91 Å². The molecule has 0 unspecified atom stereocenters. The van der Waals surface area contributed by atoms with Crippen LogP contribution in [0.25, 0.3) is 11.3 Å². The predicted molar refractivity (Wildman–Crippen MR) is 103 cm³/mol. The summed E-state index contributed by atoms with van der Waals surface area (Å²) in [5, 5.41) is 4.47. The molecule has 0 saturated carbocycles. The van der Waals surface area contributed by atoms with E-state index >= 15 is 0 Å². The van der Waals surface area contributed by atoms with Gasteiger partial charge in [0.2, 0.25) is 0 Å². The van der Waals surface area contributed by atoms with Crippen molar-refractivity contribution in [2.24, 2.45) is 7.05 Å². The normalized spacial score (nSPS) is 16.4. The summed E-state index contributed by atoms with van der Waals surface area (Å²) in [4.78, 5) is 26.2. The molecule has 1 atom stereocenters. The summed E-state index contributed by atoms with van der Waals surface area (Å²) in [5.74, 6) is 0.892. The zero-order valence-electron chi connectivity index (χ0n) is 15.8. The Morgan fingerprint density at radius 2 is 2.00 bits per heavy atom. The molecule has 3 heterocycles. The highest BCUT2D eigenvalue weighted by atomic mass is 16.5. The van der Waals surface area contributed by atoms with Crippen LogP contribution in [0.2, 0.25) is 0 Å². The third-order valence-electron chi connectivity index (χ3n) is 4.77. The molecule has 0 spiro atoms. The number of hydrogen-bond donors (Lipinski definition) is 0. The molecule has 0 radical (unpaired) electrons. The largest absolute Gasteiger partial charge is 0.488 e. The number of aromatic nitrogens is 2. The van der Waals surface area contributed by atoms with Gasteiger partial charge in [-0.1, -0.05) is 30.3 Å². The molecule has 3 aromatic rings. The molecule has 28 heavy (non-hydrogen) atoms. The number of carbonyl (C=O) groups is 1.